The molecular weight excluding hydrogens is 280 g/mol. The Morgan fingerprint density at radius 1 is 1.41 bits per heavy atom. The number of fused-ring (bicyclic) bond motifs is 3. The first-order chi connectivity index (χ1) is 10.7. The summed E-state index contributed by atoms with van der Waals surface area (Å²) >= 11 is 0. The number of nitrogens with two attached hydrogens (primary N) is 1. The molecule has 3 aromatic rings. The van der Waals surface area contributed by atoms with Crippen LogP contribution in [0.25, 0.3) is 22.1 Å². The summed E-state index contributed by atoms with van der Waals surface area (Å²) < 4.78 is 2.03. The number of aryl methyl sites for hydroxylation is 1. The Morgan fingerprint density at radius 3 is 3.09 bits per heavy atom. The molecule has 22 heavy (non-hydrogen) atoms. The van der Waals surface area contributed by atoms with Gasteiger partial charge in [0.1, 0.15) is 16.6 Å². The van der Waals surface area contributed by atoms with Crippen LogP contribution >= 0.6 is 0 Å². The number of hydroxylamine groups is 1. The molecule has 3 heterocycles. The van der Waals surface area contributed by atoms with Gasteiger partial charge < -0.3 is 10.3 Å². The molecule has 0 aromatic carbocycles. The summed E-state index contributed by atoms with van der Waals surface area (Å²) in [4.78, 5) is 18.4. The van der Waals surface area contributed by atoms with Gasteiger partial charge in [0, 0.05) is 18.4 Å². The number of hydrogen-bond donors (Lipinski definition) is 2. The zero-order valence-electron chi connectivity index (χ0n) is 12.4. The molecule has 7 heteroatoms. The fraction of sp³-hybridized carbons (Fsp3) is 0.267. The molecule has 114 valence electrons. The number of imidazole rings is 1. The molecule has 0 amide bonds. The van der Waals surface area contributed by atoms with Crippen molar-refractivity contribution in [3.63, 3.8) is 0 Å². The van der Waals surface area contributed by atoms with Gasteiger partial charge in [-0.3, -0.25) is 15.3 Å². The maximum atomic E-state index is 5.99. The van der Waals surface area contributed by atoms with E-state index in [0.717, 1.165) is 35.2 Å². The van der Waals surface area contributed by atoms with Crippen molar-refractivity contribution in [1.29, 1.82) is 0 Å². The molecule has 0 aliphatic carbocycles. The van der Waals surface area contributed by atoms with Crippen molar-refractivity contribution < 1.29 is 4.84 Å². The molecule has 3 N–H and O–H groups in total. The first-order valence-electron chi connectivity index (χ1n) is 7.05. The molecule has 0 aliphatic heterocycles. The number of nitrogens with zero attached hydrogens (tertiary/aromatic N) is 4. The Bertz CT molecular complexity index is 825. The number of allylic oxidation sites excluding steroid dienone is 1. The fourth-order valence-electron chi connectivity index (χ4n) is 2.32. The van der Waals surface area contributed by atoms with Crippen LogP contribution in [-0.4, -0.2) is 26.1 Å². The van der Waals surface area contributed by atoms with Crippen LogP contribution in [0.1, 0.15) is 13.3 Å². The predicted molar refractivity (Wildman–Crippen MR) is 85.8 cm³/mol. The Hall–Kier alpha value is -2.67. The molecule has 0 saturated heterocycles. The highest BCUT2D eigenvalue weighted by atomic mass is 16.6. The third kappa shape index (κ3) is 2.71. The maximum Gasteiger partial charge on any atom is 0.152 e. The van der Waals surface area contributed by atoms with Crippen molar-refractivity contribution in [2.45, 2.75) is 19.9 Å². The van der Waals surface area contributed by atoms with Crippen molar-refractivity contribution in [1.82, 2.24) is 25.0 Å². The van der Waals surface area contributed by atoms with Crippen LogP contribution in [0.4, 0.5) is 5.82 Å². The normalized spacial score (nSPS) is 11.1. The van der Waals surface area contributed by atoms with Crippen LogP contribution in [0.2, 0.25) is 0 Å². The summed E-state index contributed by atoms with van der Waals surface area (Å²) in [6.07, 6.45) is 4.34. The highest BCUT2D eigenvalue weighted by Crippen LogP contribution is 2.25. The molecule has 0 unspecified atom stereocenters. The topological polar surface area (TPSA) is 90.9 Å². The van der Waals surface area contributed by atoms with Gasteiger partial charge in [0.15, 0.2) is 5.82 Å². The number of anilines is 1. The van der Waals surface area contributed by atoms with Gasteiger partial charge in [0.2, 0.25) is 0 Å². The van der Waals surface area contributed by atoms with Crippen LogP contribution in [0.15, 0.2) is 36.9 Å². The second kappa shape index (κ2) is 5.98. The van der Waals surface area contributed by atoms with Crippen molar-refractivity contribution >= 4 is 27.9 Å². The van der Waals surface area contributed by atoms with E-state index in [1.807, 2.05) is 23.6 Å². The number of rotatable bonds is 6. The zero-order chi connectivity index (χ0) is 15.5. The van der Waals surface area contributed by atoms with E-state index < -0.39 is 0 Å². The molecule has 0 saturated carbocycles. The number of nitrogen functional groups attached to an aromatic ring is 1. The highest BCUT2D eigenvalue weighted by molar-refractivity contribution is 6.03. The van der Waals surface area contributed by atoms with Gasteiger partial charge in [-0.15, -0.1) is 0 Å². The van der Waals surface area contributed by atoms with E-state index in [2.05, 4.69) is 27.0 Å². The molecule has 7 nitrogen and oxygen atoms in total. The van der Waals surface area contributed by atoms with Crippen molar-refractivity contribution in [3.05, 3.63) is 36.9 Å². The molecule has 3 rings (SSSR count). The van der Waals surface area contributed by atoms with E-state index in [9.17, 15) is 0 Å². The average molecular weight is 298 g/mol. The van der Waals surface area contributed by atoms with Crippen LogP contribution in [0.5, 0.6) is 0 Å². The number of aromatic nitrogens is 4. The lowest BCUT2D eigenvalue weighted by atomic mass is 10.2. The summed E-state index contributed by atoms with van der Waals surface area (Å²) in [6.45, 7) is 6.87. The van der Waals surface area contributed by atoms with Gasteiger partial charge in [0.05, 0.1) is 18.5 Å². The monoisotopic (exact) mass is 298 g/mol. The summed E-state index contributed by atoms with van der Waals surface area (Å²) in [5.74, 6) is 0.425. The quantitative estimate of drug-likeness (QED) is 0.534. The lowest BCUT2D eigenvalue weighted by molar-refractivity contribution is 0.0595. The Balaban J connectivity index is 1.86. The molecule has 0 aliphatic rings. The summed E-state index contributed by atoms with van der Waals surface area (Å²) in [7, 11) is 0. The van der Waals surface area contributed by atoms with Gasteiger partial charge in [0.25, 0.3) is 0 Å². The van der Waals surface area contributed by atoms with E-state index in [1.54, 1.807) is 12.5 Å². The summed E-state index contributed by atoms with van der Waals surface area (Å²) in [5.41, 5.74) is 12.7. The van der Waals surface area contributed by atoms with Crippen LogP contribution in [-0.2, 0) is 11.4 Å². The molecular formula is C15H18N6O. The third-order valence-corrected chi connectivity index (χ3v) is 3.22. The van der Waals surface area contributed by atoms with Gasteiger partial charge in [-0.05, 0) is 25.5 Å². The Morgan fingerprint density at radius 2 is 2.27 bits per heavy atom. The first-order valence-corrected chi connectivity index (χ1v) is 7.05. The second-order valence-corrected chi connectivity index (χ2v) is 5.09. The van der Waals surface area contributed by atoms with Crippen LogP contribution in [0, 0.1) is 0 Å². The largest absolute Gasteiger partial charge is 0.382 e. The second-order valence-electron chi connectivity index (χ2n) is 5.09. The molecule has 0 fully saturated rings. The fourth-order valence-corrected chi connectivity index (χ4v) is 2.32. The number of hydrogen-bond acceptors (Lipinski definition) is 6. The Labute approximate surface area is 127 Å². The smallest absolute Gasteiger partial charge is 0.152 e. The van der Waals surface area contributed by atoms with Gasteiger partial charge in [-0.25, -0.2) is 9.97 Å². The first kappa shape index (κ1) is 14.3. The van der Waals surface area contributed by atoms with Crippen molar-refractivity contribution in [2.75, 3.05) is 12.3 Å². The Kier molecular flexibility index (Phi) is 3.88. The molecule has 0 bridgehead atoms. The van der Waals surface area contributed by atoms with Crippen molar-refractivity contribution in [3.8, 4) is 0 Å². The van der Waals surface area contributed by atoms with E-state index in [0.29, 0.717) is 17.9 Å². The van der Waals surface area contributed by atoms with Crippen molar-refractivity contribution in [2.24, 2.45) is 0 Å². The third-order valence-electron chi connectivity index (χ3n) is 3.22. The minimum Gasteiger partial charge on any atom is -0.382 e. The predicted octanol–water partition coefficient (Wildman–Crippen LogP) is 2.01. The number of nitrogens with one attached hydrogen (secondary N) is 1. The van der Waals surface area contributed by atoms with E-state index in [-0.39, 0.29) is 0 Å². The zero-order valence-corrected chi connectivity index (χ0v) is 12.4. The van der Waals surface area contributed by atoms with Gasteiger partial charge in [-0.1, -0.05) is 6.58 Å². The minimum atomic E-state index is 0.425. The maximum absolute atomic E-state index is 5.99. The highest BCUT2D eigenvalue weighted by Gasteiger charge is 2.12. The van der Waals surface area contributed by atoms with E-state index >= 15 is 0 Å². The number of pyridine rings is 2. The SMILES string of the molecule is C=C(C)NOCCCn1cnc2c(N)nc3cccnc3c21. The standard InChI is InChI=1S/C15H18N6O/c1-10(2)20-22-8-4-7-21-9-18-13-14(21)12-11(19-15(13)16)5-3-6-17-12/h3,5-6,9,20H,1,4,7-8H2,2H3,(H2,16,19). The van der Waals surface area contributed by atoms with Gasteiger partial charge in [-0.2, -0.15) is 0 Å². The lowest BCUT2D eigenvalue weighted by Gasteiger charge is -2.08. The van der Waals surface area contributed by atoms with Crippen LogP contribution in [0.3, 0.4) is 0 Å². The van der Waals surface area contributed by atoms with Gasteiger partial charge >= 0.3 is 0 Å². The summed E-state index contributed by atoms with van der Waals surface area (Å²) in [5, 5.41) is 0. The van der Waals surface area contributed by atoms with E-state index in [1.165, 1.54) is 0 Å². The van der Waals surface area contributed by atoms with E-state index in [4.69, 9.17) is 10.6 Å². The van der Waals surface area contributed by atoms with Crippen LogP contribution < -0.4 is 11.2 Å². The molecule has 0 radical (unpaired) electrons. The minimum absolute atomic E-state index is 0.425. The average Bonchev–Trinajstić information content (AvgIpc) is 2.92. The summed E-state index contributed by atoms with van der Waals surface area (Å²) in [6, 6.07) is 3.74. The lowest BCUT2D eigenvalue weighted by Crippen LogP contribution is -2.13. The molecule has 0 atom stereocenters. The molecule has 3 aromatic heterocycles. The molecule has 0 spiro atoms.